The number of halogens is 1. The number of ketones is 1. The number of carbonyl (C=O) groups excluding carboxylic acids is 2. The predicted molar refractivity (Wildman–Crippen MR) is 91.5 cm³/mol. The molecule has 1 aliphatic rings. The van der Waals surface area contributed by atoms with Crippen LogP contribution in [0.3, 0.4) is 0 Å². The lowest BCUT2D eigenvalue weighted by Crippen LogP contribution is -2.50. The maximum Gasteiger partial charge on any atom is 0.240 e. The second-order valence-electron chi connectivity index (χ2n) is 8.33. The number of amides is 1. The molecule has 1 saturated heterocycles. The molecule has 1 unspecified atom stereocenters. The largest absolute Gasteiger partial charge is 0.394 e. The number of Topliss-reactive ketones (excluding diaryl/α,β-unsaturated/α-hetero) is 1. The summed E-state index contributed by atoms with van der Waals surface area (Å²) in [6, 6.07) is -0.957. The fourth-order valence-electron chi connectivity index (χ4n) is 2.56. The van der Waals surface area contributed by atoms with Crippen LogP contribution in [0.15, 0.2) is 4.52 Å². The van der Waals surface area contributed by atoms with Crippen molar-refractivity contribution in [2.24, 2.45) is 0 Å². The number of rotatable bonds is 6. The van der Waals surface area contributed by atoms with Gasteiger partial charge >= 0.3 is 0 Å². The van der Waals surface area contributed by atoms with Gasteiger partial charge in [0.2, 0.25) is 23.4 Å². The molecule has 2 N–H and O–H groups in total. The van der Waals surface area contributed by atoms with E-state index in [2.05, 4.69) is 15.5 Å². The van der Waals surface area contributed by atoms with E-state index in [0.29, 0.717) is 5.89 Å². The van der Waals surface area contributed by atoms with Crippen molar-refractivity contribution in [3.8, 4) is 0 Å². The zero-order valence-corrected chi connectivity index (χ0v) is 15.9. The first-order chi connectivity index (χ1) is 11.9. The molecule has 0 radical (unpaired) electrons. The van der Waals surface area contributed by atoms with Crippen molar-refractivity contribution in [1.82, 2.24) is 20.4 Å². The van der Waals surface area contributed by atoms with E-state index in [0.717, 1.165) is 0 Å². The van der Waals surface area contributed by atoms with Crippen LogP contribution < -0.4 is 5.32 Å². The van der Waals surface area contributed by atoms with Crippen molar-refractivity contribution in [1.29, 1.82) is 0 Å². The Kier molecular flexibility index (Phi) is 5.82. The lowest BCUT2D eigenvalue weighted by atomic mass is 9.97. The molecule has 2 rings (SSSR count). The summed E-state index contributed by atoms with van der Waals surface area (Å²) in [5.74, 6) is -0.779. The molecule has 2 atom stereocenters. The minimum Gasteiger partial charge on any atom is -0.394 e. The number of hydrogen-bond acceptors (Lipinski definition) is 7. The van der Waals surface area contributed by atoms with Crippen LogP contribution in [0.1, 0.15) is 57.5 Å². The van der Waals surface area contributed by atoms with E-state index < -0.39 is 34.9 Å². The van der Waals surface area contributed by atoms with Gasteiger partial charge in [0, 0.05) is 17.4 Å². The van der Waals surface area contributed by atoms with E-state index in [1.807, 2.05) is 20.8 Å². The zero-order valence-electron chi connectivity index (χ0n) is 15.9. The Morgan fingerprint density at radius 3 is 2.54 bits per heavy atom. The van der Waals surface area contributed by atoms with E-state index in [1.165, 1.54) is 4.90 Å². The topological polar surface area (TPSA) is 109 Å². The van der Waals surface area contributed by atoms with E-state index in [1.54, 1.807) is 13.8 Å². The average molecular weight is 370 g/mol. The molecule has 0 aromatic carbocycles. The van der Waals surface area contributed by atoms with Crippen molar-refractivity contribution in [2.75, 3.05) is 19.7 Å². The third kappa shape index (κ3) is 4.64. The molecule has 0 bridgehead atoms. The molecule has 0 saturated carbocycles. The molecule has 2 heterocycles. The van der Waals surface area contributed by atoms with Crippen LogP contribution in [0, 0.1) is 0 Å². The van der Waals surface area contributed by atoms with Crippen LogP contribution in [0.25, 0.3) is 0 Å². The highest BCUT2D eigenvalue weighted by molar-refractivity contribution is 5.99. The molecular formula is C17H27FN4O4. The lowest BCUT2D eigenvalue weighted by molar-refractivity contribution is -0.131. The van der Waals surface area contributed by atoms with Crippen molar-refractivity contribution >= 4 is 11.7 Å². The highest BCUT2D eigenvalue weighted by Gasteiger charge is 2.42. The van der Waals surface area contributed by atoms with E-state index in [-0.39, 0.29) is 31.9 Å². The average Bonchev–Trinajstić information content (AvgIpc) is 3.18. The molecule has 1 aromatic heterocycles. The number of nitrogens with one attached hydrogen (secondary N) is 1. The fourth-order valence-corrected chi connectivity index (χ4v) is 2.56. The van der Waals surface area contributed by atoms with Crippen molar-refractivity contribution < 1.29 is 23.6 Å². The summed E-state index contributed by atoms with van der Waals surface area (Å²) in [7, 11) is 0. The molecular weight excluding hydrogens is 343 g/mol. The summed E-state index contributed by atoms with van der Waals surface area (Å²) in [6.45, 7) is 8.65. The summed E-state index contributed by atoms with van der Waals surface area (Å²) in [4.78, 5) is 30.5. The maximum atomic E-state index is 13.9. The van der Waals surface area contributed by atoms with Gasteiger partial charge in [0.05, 0.1) is 19.7 Å². The summed E-state index contributed by atoms with van der Waals surface area (Å²) >= 11 is 0. The number of aromatic nitrogens is 2. The lowest BCUT2D eigenvalue weighted by Gasteiger charge is -2.27. The Morgan fingerprint density at radius 2 is 2.00 bits per heavy atom. The maximum absolute atomic E-state index is 13.9. The number of alkyl halides is 1. The molecule has 9 heteroatoms. The summed E-state index contributed by atoms with van der Waals surface area (Å²) < 4.78 is 19.0. The number of nitrogens with zero attached hydrogens (tertiary/aromatic N) is 3. The predicted octanol–water partition coefficient (Wildman–Crippen LogP) is 0.849. The van der Waals surface area contributed by atoms with Crippen LogP contribution in [0.5, 0.6) is 0 Å². The molecule has 1 fully saturated rings. The Balaban J connectivity index is 2.12. The zero-order chi connectivity index (χ0) is 19.7. The van der Waals surface area contributed by atoms with Gasteiger partial charge in [-0.1, -0.05) is 25.9 Å². The van der Waals surface area contributed by atoms with E-state index >= 15 is 0 Å². The Labute approximate surface area is 152 Å². The van der Waals surface area contributed by atoms with Crippen molar-refractivity contribution in [2.45, 2.75) is 64.2 Å². The third-order valence-corrected chi connectivity index (χ3v) is 4.27. The van der Waals surface area contributed by atoms with Gasteiger partial charge in [-0.05, 0) is 13.8 Å². The molecule has 26 heavy (non-hydrogen) atoms. The van der Waals surface area contributed by atoms with Crippen LogP contribution in [-0.2, 0) is 10.2 Å². The summed E-state index contributed by atoms with van der Waals surface area (Å²) in [6.07, 6.45) is -1.37. The smallest absolute Gasteiger partial charge is 0.240 e. The highest BCUT2D eigenvalue weighted by Crippen LogP contribution is 2.25. The Bertz CT molecular complexity index is 668. The Morgan fingerprint density at radius 1 is 1.35 bits per heavy atom. The number of hydrogen-bond donors (Lipinski definition) is 2. The Hall–Kier alpha value is -1.87. The van der Waals surface area contributed by atoms with Gasteiger partial charge in [0.1, 0.15) is 12.2 Å². The molecule has 1 amide bonds. The van der Waals surface area contributed by atoms with Crippen molar-refractivity contribution in [3.05, 3.63) is 11.7 Å². The second-order valence-corrected chi connectivity index (χ2v) is 8.33. The summed E-state index contributed by atoms with van der Waals surface area (Å²) in [5.41, 5.74) is -1.07. The molecule has 0 spiro atoms. The van der Waals surface area contributed by atoms with Gasteiger partial charge in [-0.25, -0.2) is 4.39 Å². The quantitative estimate of drug-likeness (QED) is 0.715. The van der Waals surface area contributed by atoms with Gasteiger partial charge in [0.25, 0.3) is 0 Å². The van der Waals surface area contributed by atoms with Crippen LogP contribution in [0.2, 0.25) is 0 Å². The monoisotopic (exact) mass is 370 g/mol. The van der Waals surface area contributed by atoms with Gasteiger partial charge in [-0.3, -0.25) is 9.59 Å². The first kappa shape index (κ1) is 20.4. The highest BCUT2D eigenvalue weighted by atomic mass is 19.1. The van der Waals surface area contributed by atoms with Crippen LogP contribution in [-0.4, -0.2) is 69.3 Å². The minimum atomic E-state index is -1.28. The molecule has 8 nitrogen and oxygen atoms in total. The number of likely N-dealkylation sites (tertiary alicyclic amines) is 1. The van der Waals surface area contributed by atoms with E-state index in [9.17, 15) is 19.1 Å². The SMILES string of the molecule is CC(C)(CO)NCC(=O)N1C[C@@H](F)CC1C(=O)c1noc(C(C)(C)C)n1. The molecule has 1 aliphatic heterocycles. The van der Waals surface area contributed by atoms with Crippen LogP contribution >= 0.6 is 0 Å². The first-order valence-electron chi connectivity index (χ1n) is 8.62. The molecule has 0 aliphatic carbocycles. The van der Waals surface area contributed by atoms with Crippen LogP contribution in [0.4, 0.5) is 4.39 Å². The molecule has 1 aromatic rings. The van der Waals surface area contributed by atoms with Gasteiger partial charge < -0.3 is 19.8 Å². The number of aliphatic hydroxyl groups excluding tert-OH is 1. The second kappa shape index (κ2) is 7.40. The summed E-state index contributed by atoms with van der Waals surface area (Å²) in [5, 5.41) is 15.8. The minimum absolute atomic E-state index is 0.0899. The number of aliphatic hydroxyl groups is 1. The van der Waals surface area contributed by atoms with Gasteiger partial charge in [-0.15, -0.1) is 0 Å². The normalized spacial score (nSPS) is 21.3. The van der Waals surface area contributed by atoms with Gasteiger partial charge in [0.15, 0.2) is 0 Å². The van der Waals surface area contributed by atoms with Crippen molar-refractivity contribution in [3.63, 3.8) is 0 Å². The standard InChI is InChI=1S/C17H27FN4O4/c1-16(2,3)15-20-14(21-26-15)13(25)11-6-10(18)8-22(11)12(24)7-19-17(4,5)9-23/h10-11,19,23H,6-9H2,1-5H3/t10-,11?/m0/s1. The number of carbonyl (C=O) groups is 2. The van der Waals surface area contributed by atoms with Gasteiger partial charge in [-0.2, -0.15) is 4.98 Å². The van der Waals surface area contributed by atoms with E-state index in [4.69, 9.17) is 4.52 Å². The third-order valence-electron chi connectivity index (χ3n) is 4.27. The fraction of sp³-hybridized carbons (Fsp3) is 0.765. The first-order valence-corrected chi connectivity index (χ1v) is 8.62. The molecule has 146 valence electrons.